The Kier molecular flexibility index (Phi) is 7.96. The van der Waals surface area contributed by atoms with Gasteiger partial charge in [0.05, 0.1) is 17.9 Å². The number of para-hydroxylation sites is 1. The van der Waals surface area contributed by atoms with Gasteiger partial charge < -0.3 is 24.5 Å². The molecule has 0 saturated carbocycles. The summed E-state index contributed by atoms with van der Waals surface area (Å²) in [6, 6.07) is 5.13. The van der Waals surface area contributed by atoms with Gasteiger partial charge in [0, 0.05) is 38.5 Å². The first-order chi connectivity index (χ1) is 18.9. The number of amides is 3. The predicted octanol–water partition coefficient (Wildman–Crippen LogP) is 3.15. The molecular formula is C31H41N3O5. The van der Waals surface area contributed by atoms with Crippen LogP contribution in [0.5, 0.6) is 0 Å². The molecule has 0 radical (unpaired) electrons. The zero-order chi connectivity index (χ0) is 27.7. The third kappa shape index (κ3) is 4.61. The number of fused-ring (bicyclic) bond motifs is 2. The minimum Gasteiger partial charge on any atom is -0.396 e. The van der Waals surface area contributed by atoms with Crippen molar-refractivity contribution >= 4 is 23.4 Å². The summed E-state index contributed by atoms with van der Waals surface area (Å²) in [5, 5.41) is 9.17. The van der Waals surface area contributed by atoms with E-state index in [1.54, 1.807) is 9.80 Å². The number of unbranched alkanes of at least 4 members (excludes halogenated alkanes) is 3. The highest BCUT2D eigenvalue weighted by Crippen LogP contribution is 2.53. The maximum Gasteiger partial charge on any atom is 0.253 e. The zero-order valence-corrected chi connectivity index (χ0v) is 23.3. The third-order valence-electron chi connectivity index (χ3n) is 8.75. The molecule has 0 aliphatic carbocycles. The van der Waals surface area contributed by atoms with E-state index in [4.69, 9.17) is 9.84 Å². The van der Waals surface area contributed by atoms with Crippen molar-refractivity contribution in [1.82, 2.24) is 9.80 Å². The molecule has 4 heterocycles. The van der Waals surface area contributed by atoms with Gasteiger partial charge in [0.1, 0.15) is 11.6 Å². The normalized spacial score (nSPS) is 29.9. The molecule has 5 atom stereocenters. The maximum atomic E-state index is 14.5. The quantitative estimate of drug-likeness (QED) is 0.388. The minimum atomic E-state index is -1.20. The van der Waals surface area contributed by atoms with Crippen molar-refractivity contribution < 1.29 is 24.2 Å². The molecule has 39 heavy (non-hydrogen) atoms. The van der Waals surface area contributed by atoms with Crippen molar-refractivity contribution in [3.05, 3.63) is 53.6 Å². The molecule has 1 aromatic carbocycles. The summed E-state index contributed by atoms with van der Waals surface area (Å²) in [6.45, 7) is 8.09. The van der Waals surface area contributed by atoms with Gasteiger partial charge in [-0.05, 0) is 44.2 Å². The molecule has 2 fully saturated rings. The molecular weight excluding hydrogens is 494 g/mol. The maximum absolute atomic E-state index is 14.5. The Morgan fingerprint density at radius 2 is 1.69 bits per heavy atom. The number of aryl methyl sites for hydroxylation is 2. The smallest absolute Gasteiger partial charge is 0.253 e. The molecule has 0 aromatic heterocycles. The van der Waals surface area contributed by atoms with Gasteiger partial charge in [-0.25, -0.2) is 0 Å². The van der Waals surface area contributed by atoms with Crippen molar-refractivity contribution in [2.24, 2.45) is 11.8 Å². The second kappa shape index (κ2) is 11.3. The highest BCUT2D eigenvalue weighted by Gasteiger charge is 2.71. The Labute approximate surface area is 231 Å². The highest BCUT2D eigenvalue weighted by atomic mass is 16.5. The molecule has 8 heteroatoms. The Balaban J connectivity index is 1.56. The summed E-state index contributed by atoms with van der Waals surface area (Å²) < 4.78 is 6.73. The summed E-state index contributed by atoms with van der Waals surface area (Å²) in [5.74, 6) is -1.81. The number of nitrogens with zero attached hydrogens (tertiary/aromatic N) is 3. The number of hydrogen-bond donors (Lipinski definition) is 1. The Hall–Kier alpha value is -2.97. The first-order valence-electron chi connectivity index (χ1n) is 14.5. The first kappa shape index (κ1) is 27.6. The molecule has 5 rings (SSSR count). The van der Waals surface area contributed by atoms with Crippen LogP contribution in [0.4, 0.5) is 5.69 Å². The SMILES string of the molecule is CCCN1CC=C[C@H]2O[C@]34C=CCN(c5c(C)cccc5C)C(=O)C3N(CCCCCCO)C(=O)[C@@H]4[C@H]2C1=O. The van der Waals surface area contributed by atoms with Crippen molar-refractivity contribution in [3.63, 3.8) is 0 Å². The van der Waals surface area contributed by atoms with Crippen LogP contribution >= 0.6 is 0 Å². The van der Waals surface area contributed by atoms with E-state index < -0.39 is 29.6 Å². The monoisotopic (exact) mass is 535 g/mol. The molecule has 1 unspecified atom stereocenters. The number of ether oxygens (including phenoxy) is 1. The number of aliphatic hydroxyl groups excluding tert-OH is 1. The Morgan fingerprint density at radius 3 is 2.41 bits per heavy atom. The summed E-state index contributed by atoms with van der Waals surface area (Å²) in [7, 11) is 0. The summed E-state index contributed by atoms with van der Waals surface area (Å²) in [6.07, 6.45) is 11.1. The fourth-order valence-corrected chi connectivity index (χ4v) is 7.08. The van der Waals surface area contributed by atoms with Gasteiger partial charge in [-0.1, -0.05) is 62.3 Å². The molecule has 4 aliphatic rings. The molecule has 1 spiro atoms. The lowest BCUT2D eigenvalue weighted by Gasteiger charge is -2.36. The van der Waals surface area contributed by atoms with Crippen LogP contribution in [0, 0.1) is 25.7 Å². The number of hydrogen-bond acceptors (Lipinski definition) is 5. The van der Waals surface area contributed by atoms with E-state index in [0.29, 0.717) is 32.6 Å². The van der Waals surface area contributed by atoms with Crippen molar-refractivity contribution in [2.75, 3.05) is 37.7 Å². The van der Waals surface area contributed by atoms with Gasteiger partial charge in [-0.2, -0.15) is 0 Å². The molecule has 0 bridgehead atoms. The van der Waals surface area contributed by atoms with Gasteiger partial charge in [-0.15, -0.1) is 0 Å². The van der Waals surface area contributed by atoms with Crippen LogP contribution in [0.2, 0.25) is 0 Å². The largest absolute Gasteiger partial charge is 0.396 e. The van der Waals surface area contributed by atoms with Gasteiger partial charge >= 0.3 is 0 Å². The number of anilines is 1. The minimum absolute atomic E-state index is 0.0673. The van der Waals surface area contributed by atoms with Gasteiger partial charge in [0.15, 0.2) is 0 Å². The molecule has 1 N–H and O–H groups in total. The van der Waals surface area contributed by atoms with Crippen molar-refractivity contribution in [1.29, 1.82) is 0 Å². The van der Waals surface area contributed by atoms with Gasteiger partial charge in [-0.3, -0.25) is 14.4 Å². The molecule has 4 aliphatic heterocycles. The van der Waals surface area contributed by atoms with Crippen LogP contribution in [-0.4, -0.2) is 83.2 Å². The fraction of sp³-hybridized carbons (Fsp3) is 0.581. The topological polar surface area (TPSA) is 90.4 Å². The lowest BCUT2D eigenvalue weighted by Crippen LogP contribution is -2.55. The average molecular weight is 536 g/mol. The van der Waals surface area contributed by atoms with E-state index in [0.717, 1.165) is 42.5 Å². The number of benzene rings is 1. The molecule has 3 amide bonds. The van der Waals surface area contributed by atoms with E-state index in [9.17, 15) is 14.4 Å². The van der Waals surface area contributed by atoms with Crippen LogP contribution < -0.4 is 4.90 Å². The van der Waals surface area contributed by atoms with Gasteiger partial charge in [0.25, 0.3) is 5.91 Å². The molecule has 8 nitrogen and oxygen atoms in total. The number of rotatable bonds is 9. The van der Waals surface area contributed by atoms with Crippen molar-refractivity contribution in [3.8, 4) is 0 Å². The second-order valence-electron chi connectivity index (χ2n) is 11.3. The summed E-state index contributed by atoms with van der Waals surface area (Å²) in [5.41, 5.74) is 1.65. The summed E-state index contributed by atoms with van der Waals surface area (Å²) in [4.78, 5) is 48.0. The number of carbonyl (C=O) groups excluding carboxylic acids is 3. The highest BCUT2D eigenvalue weighted by molar-refractivity contribution is 6.06. The van der Waals surface area contributed by atoms with Crippen LogP contribution in [0.25, 0.3) is 0 Å². The van der Waals surface area contributed by atoms with Crippen LogP contribution in [0.3, 0.4) is 0 Å². The van der Waals surface area contributed by atoms with E-state index >= 15 is 0 Å². The molecule has 210 valence electrons. The van der Waals surface area contributed by atoms with Crippen LogP contribution in [-0.2, 0) is 19.1 Å². The van der Waals surface area contributed by atoms with E-state index in [2.05, 4.69) is 0 Å². The lowest BCUT2D eigenvalue weighted by atomic mass is 9.77. The molecule has 1 aromatic rings. The third-order valence-corrected chi connectivity index (χ3v) is 8.75. The molecule has 2 saturated heterocycles. The first-order valence-corrected chi connectivity index (χ1v) is 14.5. The number of aliphatic hydroxyl groups is 1. The van der Waals surface area contributed by atoms with E-state index in [1.807, 2.05) is 68.2 Å². The zero-order valence-electron chi connectivity index (χ0n) is 23.3. The van der Waals surface area contributed by atoms with Crippen LogP contribution in [0.1, 0.15) is 50.2 Å². The number of likely N-dealkylation sites (tertiary alicyclic amines) is 1. The Morgan fingerprint density at radius 1 is 0.949 bits per heavy atom. The average Bonchev–Trinajstić information content (AvgIpc) is 3.22. The predicted molar refractivity (Wildman–Crippen MR) is 149 cm³/mol. The second-order valence-corrected chi connectivity index (χ2v) is 11.3. The van der Waals surface area contributed by atoms with Crippen molar-refractivity contribution in [2.45, 2.75) is 70.6 Å². The van der Waals surface area contributed by atoms with Crippen LogP contribution in [0.15, 0.2) is 42.5 Å². The fourth-order valence-electron chi connectivity index (χ4n) is 7.08. The lowest BCUT2D eigenvalue weighted by molar-refractivity contribution is -0.144. The standard InChI is InChI=1S/C31H41N3O5/c1-4-16-32-17-10-14-23-24(28(32)36)25-29(37)34(18-7-5-6-8-20-35)27-30(38)33(19-11-15-31(25,27)39-23)26-21(2)12-9-13-22(26)3/h9-15,23-25,27,35H,4-8,16-20H2,1-3H3/t23-,24+,25+,27?,31+/m1/s1. The van der Waals surface area contributed by atoms with E-state index in [-0.39, 0.29) is 24.3 Å². The summed E-state index contributed by atoms with van der Waals surface area (Å²) >= 11 is 0. The van der Waals surface area contributed by atoms with E-state index in [1.165, 1.54) is 0 Å². The van der Waals surface area contributed by atoms with Gasteiger partial charge in [0.2, 0.25) is 11.8 Å². The number of carbonyl (C=O) groups is 3. The Bertz CT molecular complexity index is 1160.